The molecule has 2 aromatic carbocycles. The Morgan fingerprint density at radius 2 is 1.69 bits per heavy atom. The number of carbonyl (C=O) groups excluding carboxylic acids is 2. The van der Waals surface area contributed by atoms with Crippen LogP contribution in [0.1, 0.15) is 57.4 Å². The molecule has 0 unspecified atom stereocenters. The van der Waals surface area contributed by atoms with E-state index in [-0.39, 0.29) is 5.75 Å². The van der Waals surface area contributed by atoms with Gasteiger partial charge in [-0.2, -0.15) is 0 Å². The molecule has 0 atom stereocenters. The lowest BCUT2D eigenvalue weighted by molar-refractivity contribution is 0.0600. The van der Waals surface area contributed by atoms with Gasteiger partial charge in [0.15, 0.2) is 0 Å². The fraction of sp³-hybridized carbons (Fsp3) is 0.308. The summed E-state index contributed by atoms with van der Waals surface area (Å²) in [7, 11) is 1.35. The van der Waals surface area contributed by atoms with Gasteiger partial charge in [-0.05, 0) is 61.6 Å². The quantitative estimate of drug-likeness (QED) is 0.480. The highest BCUT2D eigenvalue weighted by Gasteiger charge is 2.24. The van der Waals surface area contributed by atoms with Crippen LogP contribution < -0.4 is 5.73 Å². The van der Waals surface area contributed by atoms with Gasteiger partial charge in [0.25, 0.3) is 5.91 Å². The normalized spacial score (nSPS) is 10.8. The first-order valence-electron chi connectivity index (χ1n) is 10.9. The minimum atomic E-state index is -0.462. The maximum Gasteiger partial charge on any atom is 0.337 e. The van der Waals surface area contributed by atoms with E-state index >= 15 is 0 Å². The highest BCUT2D eigenvalue weighted by Crippen LogP contribution is 2.34. The fourth-order valence-electron chi connectivity index (χ4n) is 4.11. The molecule has 1 heterocycles. The lowest BCUT2D eigenvalue weighted by Gasteiger charge is -2.14. The number of hydrogen-bond donors (Lipinski definition) is 2. The molecule has 3 N–H and O–H groups in total. The van der Waals surface area contributed by atoms with Gasteiger partial charge in [-0.25, -0.2) is 4.79 Å². The number of nitrogens with two attached hydrogens (primary N) is 1. The van der Waals surface area contributed by atoms with E-state index in [1.54, 1.807) is 24.3 Å². The van der Waals surface area contributed by atoms with Crippen molar-refractivity contribution in [2.45, 2.75) is 46.1 Å². The van der Waals surface area contributed by atoms with Crippen molar-refractivity contribution in [3.05, 3.63) is 76.6 Å². The van der Waals surface area contributed by atoms with Crippen molar-refractivity contribution in [2.75, 3.05) is 7.11 Å². The molecule has 0 saturated heterocycles. The number of ether oxygens (including phenoxy) is 1. The van der Waals surface area contributed by atoms with Crippen molar-refractivity contribution in [3.8, 4) is 16.9 Å². The highest BCUT2D eigenvalue weighted by atomic mass is 16.5. The summed E-state index contributed by atoms with van der Waals surface area (Å²) in [6.07, 6.45) is 3.57. The van der Waals surface area contributed by atoms with Crippen molar-refractivity contribution in [1.82, 2.24) is 4.57 Å². The molecule has 6 heteroatoms. The van der Waals surface area contributed by atoms with Crippen molar-refractivity contribution < 1.29 is 19.4 Å². The molecule has 1 aromatic heterocycles. The minimum absolute atomic E-state index is 0.239. The minimum Gasteiger partial charge on any atom is -0.508 e. The number of esters is 1. The summed E-state index contributed by atoms with van der Waals surface area (Å²) in [6.45, 7) is 4.76. The standard InChI is InChI=1S/C26H30N2O4/c1-4-5-6-22-24(19-9-11-20(12-10-19)26(31)32-3)23(25(27)30)17(2)28(22)16-15-18-7-13-21(29)14-8-18/h7-14,29H,4-6,15-16H2,1-3H3,(H2,27,30). The summed E-state index contributed by atoms with van der Waals surface area (Å²) in [4.78, 5) is 24.3. The first kappa shape index (κ1) is 23.1. The van der Waals surface area contributed by atoms with Gasteiger partial charge in [-0.15, -0.1) is 0 Å². The molecule has 0 fully saturated rings. The number of aromatic hydroxyl groups is 1. The smallest absolute Gasteiger partial charge is 0.337 e. The fourth-order valence-corrected chi connectivity index (χ4v) is 4.11. The number of primary amides is 1. The third-order valence-electron chi connectivity index (χ3n) is 5.80. The number of amides is 1. The first-order valence-corrected chi connectivity index (χ1v) is 10.9. The molecule has 3 aromatic rings. The van der Waals surface area contributed by atoms with Crippen LogP contribution in [-0.2, 0) is 24.1 Å². The molecule has 0 aliphatic rings. The molecule has 3 rings (SSSR count). The topological polar surface area (TPSA) is 94.5 Å². The van der Waals surface area contributed by atoms with Crippen LogP contribution in [0.3, 0.4) is 0 Å². The Morgan fingerprint density at radius 1 is 1.03 bits per heavy atom. The van der Waals surface area contributed by atoms with Gasteiger partial charge in [-0.1, -0.05) is 37.6 Å². The Balaban J connectivity index is 2.07. The van der Waals surface area contributed by atoms with E-state index in [9.17, 15) is 14.7 Å². The maximum absolute atomic E-state index is 12.5. The molecule has 0 aliphatic carbocycles. The summed E-state index contributed by atoms with van der Waals surface area (Å²) >= 11 is 0. The maximum atomic E-state index is 12.5. The van der Waals surface area contributed by atoms with Crippen molar-refractivity contribution in [1.29, 1.82) is 0 Å². The number of aryl methyl sites for hydroxylation is 1. The number of carbonyl (C=O) groups is 2. The summed E-state index contributed by atoms with van der Waals surface area (Å²) in [6, 6.07) is 14.3. The van der Waals surface area contributed by atoms with Gasteiger partial charge in [0.2, 0.25) is 0 Å². The number of unbranched alkanes of at least 4 members (excludes halogenated alkanes) is 1. The molecule has 0 spiro atoms. The average Bonchev–Trinajstić information content (AvgIpc) is 3.08. The van der Waals surface area contributed by atoms with E-state index in [1.807, 2.05) is 31.2 Å². The SMILES string of the molecule is CCCCc1c(-c2ccc(C(=O)OC)cc2)c(C(N)=O)c(C)n1CCc1ccc(O)cc1. The Morgan fingerprint density at radius 3 is 2.25 bits per heavy atom. The Labute approximate surface area is 188 Å². The summed E-state index contributed by atoms with van der Waals surface area (Å²) in [5, 5.41) is 9.54. The number of nitrogens with zero attached hydrogens (tertiary/aromatic N) is 1. The van der Waals surface area contributed by atoms with Gasteiger partial charge >= 0.3 is 5.97 Å². The average molecular weight is 435 g/mol. The predicted octanol–water partition coefficient (Wildman–Crippen LogP) is 4.64. The predicted molar refractivity (Wildman–Crippen MR) is 125 cm³/mol. The number of phenolic OH excluding ortho intramolecular Hbond substituents is 1. The van der Waals surface area contributed by atoms with Crippen molar-refractivity contribution in [2.24, 2.45) is 5.73 Å². The number of hydrogen-bond acceptors (Lipinski definition) is 4. The van der Waals surface area contributed by atoms with E-state index < -0.39 is 11.9 Å². The second-order valence-corrected chi connectivity index (χ2v) is 7.89. The number of benzene rings is 2. The third kappa shape index (κ3) is 4.85. The van der Waals surface area contributed by atoms with Gasteiger partial charge in [0.1, 0.15) is 5.75 Å². The molecule has 1 amide bonds. The molecule has 0 saturated carbocycles. The number of methoxy groups -OCH3 is 1. The zero-order chi connectivity index (χ0) is 23.3. The van der Waals surface area contributed by atoms with Crippen LogP contribution in [-0.4, -0.2) is 28.7 Å². The van der Waals surface area contributed by atoms with Crippen molar-refractivity contribution >= 4 is 11.9 Å². The molecule has 0 bridgehead atoms. The summed E-state index contributed by atoms with van der Waals surface area (Å²) in [5.41, 5.74) is 11.5. The zero-order valence-electron chi connectivity index (χ0n) is 18.9. The van der Waals surface area contributed by atoms with Gasteiger partial charge in [0, 0.05) is 23.5 Å². The van der Waals surface area contributed by atoms with E-state index in [1.165, 1.54) is 7.11 Å². The zero-order valence-corrected chi connectivity index (χ0v) is 18.9. The van der Waals surface area contributed by atoms with Crippen LogP contribution in [0.2, 0.25) is 0 Å². The van der Waals surface area contributed by atoms with Crippen LogP contribution >= 0.6 is 0 Å². The van der Waals surface area contributed by atoms with Crippen LogP contribution in [0.25, 0.3) is 11.1 Å². The number of rotatable bonds is 9. The lowest BCUT2D eigenvalue weighted by Crippen LogP contribution is -2.14. The van der Waals surface area contributed by atoms with E-state index in [0.717, 1.165) is 53.8 Å². The molecule has 0 radical (unpaired) electrons. The number of aromatic nitrogens is 1. The molecular formula is C26H30N2O4. The lowest BCUT2D eigenvalue weighted by atomic mass is 9.96. The van der Waals surface area contributed by atoms with E-state index in [4.69, 9.17) is 10.5 Å². The van der Waals surface area contributed by atoms with Crippen LogP contribution in [0, 0.1) is 6.92 Å². The van der Waals surface area contributed by atoms with Crippen molar-refractivity contribution in [3.63, 3.8) is 0 Å². The largest absolute Gasteiger partial charge is 0.508 e. The summed E-state index contributed by atoms with van der Waals surface area (Å²) < 4.78 is 6.98. The molecule has 32 heavy (non-hydrogen) atoms. The second-order valence-electron chi connectivity index (χ2n) is 7.89. The number of phenols is 1. The molecule has 6 nitrogen and oxygen atoms in total. The van der Waals surface area contributed by atoms with Gasteiger partial charge in [-0.3, -0.25) is 4.79 Å². The Bertz CT molecular complexity index is 1100. The van der Waals surface area contributed by atoms with Crippen LogP contribution in [0.4, 0.5) is 0 Å². The second kappa shape index (κ2) is 10.2. The van der Waals surface area contributed by atoms with Gasteiger partial charge < -0.3 is 20.1 Å². The molecule has 168 valence electrons. The van der Waals surface area contributed by atoms with Crippen LogP contribution in [0.5, 0.6) is 5.75 Å². The van der Waals surface area contributed by atoms with Gasteiger partial charge in [0.05, 0.1) is 18.2 Å². The van der Waals surface area contributed by atoms with Crippen LogP contribution in [0.15, 0.2) is 48.5 Å². The van der Waals surface area contributed by atoms with E-state index in [0.29, 0.717) is 17.7 Å². The molecular weight excluding hydrogens is 404 g/mol. The first-order chi connectivity index (χ1) is 15.4. The summed E-state index contributed by atoms with van der Waals surface area (Å²) in [5.74, 6) is -0.626. The third-order valence-corrected chi connectivity index (χ3v) is 5.80. The monoisotopic (exact) mass is 434 g/mol. The highest BCUT2D eigenvalue weighted by molar-refractivity contribution is 6.02. The van der Waals surface area contributed by atoms with E-state index in [2.05, 4.69) is 11.5 Å². The Kier molecular flexibility index (Phi) is 7.36. The Hall–Kier alpha value is -3.54. The molecule has 0 aliphatic heterocycles.